The van der Waals surface area contributed by atoms with Crippen LogP contribution in [0, 0.1) is 0 Å². The van der Waals surface area contributed by atoms with Gasteiger partial charge in [-0.1, -0.05) is 20.8 Å². The van der Waals surface area contributed by atoms with Crippen molar-refractivity contribution in [3.63, 3.8) is 0 Å². The Morgan fingerprint density at radius 1 is 1.06 bits per heavy atom. The number of hydrogen-bond acceptors (Lipinski definition) is 9. The fourth-order valence-electron chi connectivity index (χ4n) is 3.63. The first-order chi connectivity index (χ1) is 14.4. The van der Waals surface area contributed by atoms with Gasteiger partial charge >= 0.3 is 5.97 Å². The zero-order valence-electron chi connectivity index (χ0n) is 21.1. The van der Waals surface area contributed by atoms with Gasteiger partial charge in [0.15, 0.2) is 26.0 Å². The maximum Gasteiger partial charge on any atom is 0.337 e. The van der Waals surface area contributed by atoms with E-state index in [1.54, 1.807) is 20.8 Å². The van der Waals surface area contributed by atoms with Crippen LogP contribution in [-0.4, -0.2) is 85.9 Å². The Kier molecular flexibility index (Phi) is 8.27. The van der Waals surface area contributed by atoms with E-state index in [4.69, 9.17) is 28.1 Å². The summed E-state index contributed by atoms with van der Waals surface area (Å²) in [5, 5.41) is 21.2. The Morgan fingerprint density at radius 3 is 2.09 bits per heavy atom. The first-order valence-electron chi connectivity index (χ1n) is 11.3. The van der Waals surface area contributed by atoms with E-state index in [-0.39, 0.29) is 18.3 Å². The molecule has 0 unspecified atom stereocenters. The van der Waals surface area contributed by atoms with Crippen molar-refractivity contribution in [2.75, 3.05) is 13.2 Å². The standard InChI is InChI=1S/C22H42O9Si/c1-11-26-19(25)15(24)14(23)17-18(30-22(7,8)29-17)16(13-12-27-21(5,6)28-13)31-32(9,10)20(2,3)4/h13-18,23-24H,11-12H2,1-10H3/t13-,14-,15-,16-,17-,18+/m1/s1. The Bertz CT molecular complexity index is 658. The second kappa shape index (κ2) is 9.57. The molecule has 2 aliphatic rings. The number of aliphatic hydroxyl groups excluding tert-OH is 2. The van der Waals surface area contributed by atoms with Gasteiger partial charge in [-0.15, -0.1) is 0 Å². The Hall–Kier alpha value is -0.593. The third kappa shape index (κ3) is 6.29. The summed E-state index contributed by atoms with van der Waals surface area (Å²) in [6.45, 7) is 19.6. The largest absolute Gasteiger partial charge is 0.464 e. The van der Waals surface area contributed by atoms with Gasteiger partial charge in [0.1, 0.15) is 30.5 Å². The van der Waals surface area contributed by atoms with Gasteiger partial charge in [0.2, 0.25) is 0 Å². The maximum atomic E-state index is 12.1. The number of rotatable bonds is 8. The van der Waals surface area contributed by atoms with Gasteiger partial charge in [0.25, 0.3) is 0 Å². The van der Waals surface area contributed by atoms with Crippen molar-refractivity contribution in [3.8, 4) is 0 Å². The van der Waals surface area contributed by atoms with Crippen molar-refractivity contribution in [1.82, 2.24) is 0 Å². The van der Waals surface area contributed by atoms with Crippen molar-refractivity contribution in [3.05, 3.63) is 0 Å². The molecular formula is C22H42O9Si. The molecule has 32 heavy (non-hydrogen) atoms. The lowest BCUT2D eigenvalue weighted by molar-refractivity contribution is -0.179. The molecule has 0 aromatic carbocycles. The fourth-order valence-corrected chi connectivity index (χ4v) is 4.95. The van der Waals surface area contributed by atoms with Crippen LogP contribution >= 0.6 is 0 Å². The monoisotopic (exact) mass is 478 g/mol. The molecule has 10 heteroatoms. The van der Waals surface area contributed by atoms with Crippen LogP contribution in [0.1, 0.15) is 55.4 Å². The maximum absolute atomic E-state index is 12.1. The molecular weight excluding hydrogens is 436 g/mol. The molecule has 0 radical (unpaired) electrons. The third-order valence-electron chi connectivity index (χ3n) is 6.31. The van der Waals surface area contributed by atoms with Gasteiger partial charge in [-0.3, -0.25) is 0 Å². The van der Waals surface area contributed by atoms with Gasteiger partial charge in [-0.05, 0) is 52.8 Å². The minimum atomic E-state index is -2.33. The number of esters is 1. The molecule has 0 saturated carbocycles. The van der Waals surface area contributed by atoms with Crippen LogP contribution in [0.25, 0.3) is 0 Å². The van der Waals surface area contributed by atoms with Crippen molar-refractivity contribution >= 4 is 14.3 Å². The summed E-state index contributed by atoms with van der Waals surface area (Å²) in [4.78, 5) is 12.1. The van der Waals surface area contributed by atoms with Crippen LogP contribution in [0.5, 0.6) is 0 Å². The van der Waals surface area contributed by atoms with Gasteiger partial charge in [0.05, 0.1) is 13.2 Å². The first kappa shape index (κ1) is 27.6. The highest BCUT2D eigenvalue weighted by Gasteiger charge is 2.56. The summed E-state index contributed by atoms with van der Waals surface area (Å²) in [6, 6.07) is 0. The Morgan fingerprint density at radius 2 is 1.62 bits per heavy atom. The summed E-state index contributed by atoms with van der Waals surface area (Å²) in [5.74, 6) is -2.79. The Balaban J connectivity index is 2.40. The lowest BCUT2D eigenvalue weighted by Crippen LogP contribution is -2.57. The van der Waals surface area contributed by atoms with Crippen LogP contribution in [0.3, 0.4) is 0 Å². The van der Waals surface area contributed by atoms with Gasteiger partial charge in [-0.25, -0.2) is 4.79 Å². The van der Waals surface area contributed by atoms with Crippen molar-refractivity contribution in [1.29, 1.82) is 0 Å². The van der Waals surface area contributed by atoms with E-state index >= 15 is 0 Å². The molecule has 6 atom stereocenters. The average molecular weight is 479 g/mol. The molecule has 9 nitrogen and oxygen atoms in total. The lowest BCUT2D eigenvalue weighted by atomic mass is 9.96. The quantitative estimate of drug-likeness (QED) is 0.401. The molecule has 2 rings (SSSR count). The molecule has 2 saturated heterocycles. The average Bonchev–Trinajstić information content (AvgIpc) is 3.16. The number of carbonyl (C=O) groups is 1. The summed E-state index contributed by atoms with van der Waals surface area (Å²) in [5.41, 5.74) is 0. The van der Waals surface area contributed by atoms with E-state index in [1.807, 2.05) is 13.8 Å². The molecule has 0 bridgehead atoms. The molecule has 2 fully saturated rings. The van der Waals surface area contributed by atoms with Crippen molar-refractivity contribution < 1.29 is 43.1 Å². The highest BCUT2D eigenvalue weighted by Crippen LogP contribution is 2.42. The summed E-state index contributed by atoms with van der Waals surface area (Å²) in [6.07, 6.45) is -6.39. The molecule has 0 amide bonds. The van der Waals surface area contributed by atoms with E-state index in [2.05, 4.69) is 33.9 Å². The number of hydrogen-bond donors (Lipinski definition) is 2. The Labute approximate surface area is 192 Å². The van der Waals surface area contributed by atoms with E-state index in [9.17, 15) is 15.0 Å². The van der Waals surface area contributed by atoms with E-state index in [0.29, 0.717) is 0 Å². The van der Waals surface area contributed by atoms with Crippen molar-refractivity contribution in [2.45, 2.75) is 122 Å². The van der Waals surface area contributed by atoms with E-state index < -0.39 is 62.5 Å². The predicted octanol–water partition coefficient (Wildman–Crippen LogP) is 2.33. The van der Waals surface area contributed by atoms with Gasteiger partial charge < -0.3 is 38.3 Å². The minimum absolute atomic E-state index is 0.0823. The molecule has 0 aromatic heterocycles. The normalized spacial score (nSPS) is 30.7. The number of carbonyl (C=O) groups excluding carboxylic acids is 1. The van der Waals surface area contributed by atoms with Gasteiger partial charge in [0, 0.05) is 0 Å². The highest BCUT2D eigenvalue weighted by atomic mass is 28.4. The highest BCUT2D eigenvalue weighted by molar-refractivity contribution is 6.74. The predicted molar refractivity (Wildman–Crippen MR) is 119 cm³/mol. The van der Waals surface area contributed by atoms with Crippen molar-refractivity contribution in [2.24, 2.45) is 0 Å². The number of ether oxygens (including phenoxy) is 5. The van der Waals surface area contributed by atoms with Gasteiger partial charge in [-0.2, -0.15) is 0 Å². The topological polar surface area (TPSA) is 113 Å². The number of aliphatic hydroxyl groups is 2. The SMILES string of the molecule is CCOC(=O)[C@H](O)[C@@H](O)[C@H]1OC(C)(C)O[C@H]1[C@H](O[Si](C)(C)C(C)(C)C)[C@H]1COC(C)(C)O1. The van der Waals surface area contributed by atoms with Crippen LogP contribution in [-0.2, 0) is 32.9 Å². The second-order valence-electron chi connectivity index (χ2n) is 11.0. The van der Waals surface area contributed by atoms with E-state index in [1.165, 1.54) is 0 Å². The molecule has 2 heterocycles. The third-order valence-corrected chi connectivity index (χ3v) is 10.8. The lowest BCUT2D eigenvalue weighted by Gasteiger charge is -2.43. The summed E-state index contributed by atoms with van der Waals surface area (Å²) >= 11 is 0. The molecule has 2 aliphatic heterocycles. The molecule has 0 spiro atoms. The minimum Gasteiger partial charge on any atom is -0.464 e. The summed E-state index contributed by atoms with van der Waals surface area (Å²) in [7, 11) is -2.33. The summed E-state index contributed by atoms with van der Waals surface area (Å²) < 4.78 is 35.7. The van der Waals surface area contributed by atoms with Crippen LogP contribution < -0.4 is 0 Å². The smallest absolute Gasteiger partial charge is 0.337 e. The zero-order valence-corrected chi connectivity index (χ0v) is 22.1. The fraction of sp³-hybridized carbons (Fsp3) is 0.955. The molecule has 2 N–H and O–H groups in total. The van der Waals surface area contributed by atoms with Crippen LogP contribution in [0.2, 0.25) is 18.1 Å². The zero-order chi connectivity index (χ0) is 24.7. The van der Waals surface area contributed by atoms with Crippen LogP contribution in [0.4, 0.5) is 0 Å². The molecule has 0 aromatic rings. The second-order valence-corrected chi connectivity index (χ2v) is 15.7. The molecule has 188 valence electrons. The van der Waals surface area contributed by atoms with Crippen LogP contribution in [0.15, 0.2) is 0 Å². The van der Waals surface area contributed by atoms with E-state index in [0.717, 1.165) is 0 Å². The first-order valence-corrected chi connectivity index (χ1v) is 14.2. The molecule has 0 aliphatic carbocycles.